The van der Waals surface area contributed by atoms with Crippen molar-refractivity contribution in [1.29, 1.82) is 0 Å². The summed E-state index contributed by atoms with van der Waals surface area (Å²) in [6, 6.07) is 3.59. The molecule has 0 amide bonds. The van der Waals surface area contributed by atoms with Crippen LogP contribution in [-0.4, -0.2) is 34.0 Å². The SMILES string of the molecule is O=Cc1ccc2nnc(CC3CCNC3)n2c1. The summed E-state index contributed by atoms with van der Waals surface area (Å²) in [5.41, 5.74) is 1.46. The molecule has 1 atom stereocenters. The predicted molar refractivity (Wildman–Crippen MR) is 63.1 cm³/mol. The first kappa shape index (κ1) is 10.4. The van der Waals surface area contributed by atoms with Crippen LogP contribution in [0.25, 0.3) is 5.65 Å². The molecule has 1 unspecified atom stereocenters. The molecule has 3 rings (SSSR count). The highest BCUT2D eigenvalue weighted by atomic mass is 16.1. The molecule has 2 aromatic rings. The van der Waals surface area contributed by atoms with Crippen molar-refractivity contribution in [2.24, 2.45) is 5.92 Å². The Kier molecular flexibility index (Phi) is 2.60. The van der Waals surface area contributed by atoms with E-state index in [2.05, 4.69) is 15.5 Å². The number of carbonyl (C=O) groups excluding carboxylic acids is 1. The molecule has 0 spiro atoms. The summed E-state index contributed by atoms with van der Waals surface area (Å²) in [6.07, 6.45) is 4.75. The molecule has 1 N–H and O–H groups in total. The van der Waals surface area contributed by atoms with E-state index in [9.17, 15) is 4.79 Å². The number of aldehydes is 1. The number of hydrogen-bond donors (Lipinski definition) is 1. The van der Waals surface area contributed by atoms with E-state index in [4.69, 9.17) is 0 Å². The maximum absolute atomic E-state index is 10.8. The highest BCUT2D eigenvalue weighted by molar-refractivity contribution is 5.74. The molecule has 0 saturated carbocycles. The Morgan fingerprint density at radius 3 is 3.18 bits per heavy atom. The van der Waals surface area contributed by atoms with Gasteiger partial charge in [0.15, 0.2) is 11.9 Å². The molecule has 0 bridgehead atoms. The summed E-state index contributed by atoms with van der Waals surface area (Å²) < 4.78 is 1.92. The van der Waals surface area contributed by atoms with E-state index < -0.39 is 0 Å². The van der Waals surface area contributed by atoms with Gasteiger partial charge < -0.3 is 5.32 Å². The van der Waals surface area contributed by atoms with Gasteiger partial charge in [-0.1, -0.05) is 0 Å². The van der Waals surface area contributed by atoms with E-state index >= 15 is 0 Å². The molecule has 5 heteroatoms. The van der Waals surface area contributed by atoms with Crippen molar-refractivity contribution in [3.63, 3.8) is 0 Å². The zero-order valence-corrected chi connectivity index (χ0v) is 9.47. The number of aromatic nitrogens is 3. The number of pyridine rings is 1. The number of fused-ring (bicyclic) bond motifs is 1. The van der Waals surface area contributed by atoms with Crippen LogP contribution in [0, 0.1) is 5.92 Å². The number of nitrogens with one attached hydrogen (secondary N) is 1. The number of carbonyl (C=O) groups is 1. The van der Waals surface area contributed by atoms with Crippen molar-refractivity contribution < 1.29 is 4.79 Å². The largest absolute Gasteiger partial charge is 0.316 e. The van der Waals surface area contributed by atoms with Gasteiger partial charge >= 0.3 is 0 Å². The third-order valence-electron chi connectivity index (χ3n) is 3.27. The fourth-order valence-corrected chi connectivity index (χ4v) is 2.31. The van der Waals surface area contributed by atoms with E-state index in [1.165, 1.54) is 6.42 Å². The lowest BCUT2D eigenvalue weighted by Gasteiger charge is -2.06. The van der Waals surface area contributed by atoms with Gasteiger partial charge in [0, 0.05) is 18.2 Å². The molecular formula is C12H14N4O. The summed E-state index contributed by atoms with van der Waals surface area (Å²) in [7, 11) is 0. The second-order valence-corrected chi connectivity index (χ2v) is 4.49. The van der Waals surface area contributed by atoms with Gasteiger partial charge in [-0.05, 0) is 37.6 Å². The molecule has 0 aliphatic carbocycles. The fraction of sp³-hybridized carbons (Fsp3) is 0.417. The van der Waals surface area contributed by atoms with Crippen LogP contribution in [0.4, 0.5) is 0 Å². The van der Waals surface area contributed by atoms with E-state index in [0.717, 1.165) is 37.3 Å². The molecule has 17 heavy (non-hydrogen) atoms. The van der Waals surface area contributed by atoms with Gasteiger partial charge in [0.1, 0.15) is 5.82 Å². The monoisotopic (exact) mass is 230 g/mol. The molecule has 1 saturated heterocycles. The lowest BCUT2D eigenvalue weighted by Crippen LogP contribution is -2.12. The van der Waals surface area contributed by atoms with E-state index in [1.54, 1.807) is 12.3 Å². The van der Waals surface area contributed by atoms with Crippen molar-refractivity contribution >= 4 is 11.9 Å². The normalized spacial score (nSPS) is 19.9. The molecular weight excluding hydrogens is 216 g/mol. The summed E-state index contributed by atoms with van der Waals surface area (Å²) >= 11 is 0. The topological polar surface area (TPSA) is 59.3 Å². The van der Waals surface area contributed by atoms with Crippen LogP contribution in [0.15, 0.2) is 18.3 Å². The molecule has 1 aliphatic rings. The smallest absolute Gasteiger partial charge is 0.160 e. The average molecular weight is 230 g/mol. The van der Waals surface area contributed by atoms with Gasteiger partial charge in [-0.25, -0.2) is 0 Å². The third kappa shape index (κ3) is 1.93. The zero-order chi connectivity index (χ0) is 11.7. The van der Waals surface area contributed by atoms with Gasteiger partial charge in [-0.3, -0.25) is 9.20 Å². The lowest BCUT2D eigenvalue weighted by molar-refractivity contribution is 0.112. The molecule has 3 heterocycles. The van der Waals surface area contributed by atoms with E-state index in [1.807, 2.05) is 10.5 Å². The van der Waals surface area contributed by atoms with Gasteiger partial charge in [0.2, 0.25) is 0 Å². The Morgan fingerprint density at radius 1 is 1.47 bits per heavy atom. The summed E-state index contributed by atoms with van der Waals surface area (Å²) in [5, 5.41) is 11.7. The van der Waals surface area contributed by atoms with Crippen LogP contribution in [-0.2, 0) is 6.42 Å². The van der Waals surface area contributed by atoms with Crippen LogP contribution >= 0.6 is 0 Å². The second-order valence-electron chi connectivity index (χ2n) is 4.49. The Morgan fingerprint density at radius 2 is 2.41 bits per heavy atom. The first-order valence-electron chi connectivity index (χ1n) is 5.86. The van der Waals surface area contributed by atoms with Crippen LogP contribution in [0.2, 0.25) is 0 Å². The van der Waals surface area contributed by atoms with Crippen LogP contribution in [0.5, 0.6) is 0 Å². The maximum atomic E-state index is 10.8. The quantitative estimate of drug-likeness (QED) is 0.788. The minimum absolute atomic E-state index is 0.627. The predicted octanol–water partition coefficient (Wildman–Crippen LogP) is 0.694. The minimum Gasteiger partial charge on any atom is -0.316 e. The summed E-state index contributed by atoms with van der Waals surface area (Å²) in [5.74, 6) is 1.57. The number of nitrogens with zero attached hydrogens (tertiary/aromatic N) is 3. The molecule has 5 nitrogen and oxygen atoms in total. The second kappa shape index (κ2) is 4.25. The molecule has 2 aromatic heterocycles. The molecule has 1 aliphatic heterocycles. The third-order valence-corrected chi connectivity index (χ3v) is 3.27. The van der Waals surface area contributed by atoms with Crippen molar-refractivity contribution in [1.82, 2.24) is 19.9 Å². The van der Waals surface area contributed by atoms with Gasteiger partial charge in [-0.2, -0.15) is 0 Å². The molecule has 0 radical (unpaired) electrons. The Labute approximate surface area is 98.9 Å². The highest BCUT2D eigenvalue weighted by Crippen LogP contribution is 2.15. The molecule has 1 fully saturated rings. The van der Waals surface area contributed by atoms with Crippen molar-refractivity contribution in [2.75, 3.05) is 13.1 Å². The van der Waals surface area contributed by atoms with Crippen LogP contribution in [0.1, 0.15) is 22.6 Å². The number of rotatable bonds is 3. The van der Waals surface area contributed by atoms with Gasteiger partial charge in [-0.15, -0.1) is 10.2 Å². The van der Waals surface area contributed by atoms with Crippen LogP contribution in [0.3, 0.4) is 0 Å². The standard InChI is InChI=1S/C12H14N4O/c17-8-10-1-2-11-14-15-12(16(11)7-10)5-9-3-4-13-6-9/h1-2,7-9,13H,3-6H2. The van der Waals surface area contributed by atoms with Crippen molar-refractivity contribution in [3.05, 3.63) is 29.7 Å². The van der Waals surface area contributed by atoms with Crippen molar-refractivity contribution in [2.45, 2.75) is 12.8 Å². The van der Waals surface area contributed by atoms with Gasteiger partial charge in [0.25, 0.3) is 0 Å². The maximum Gasteiger partial charge on any atom is 0.160 e. The molecule has 0 aromatic carbocycles. The highest BCUT2D eigenvalue weighted by Gasteiger charge is 2.17. The Bertz CT molecular complexity index is 542. The first-order chi connectivity index (χ1) is 8.36. The Balaban J connectivity index is 1.94. The summed E-state index contributed by atoms with van der Waals surface area (Å²) in [4.78, 5) is 10.8. The van der Waals surface area contributed by atoms with E-state index in [-0.39, 0.29) is 0 Å². The van der Waals surface area contributed by atoms with E-state index in [0.29, 0.717) is 11.5 Å². The minimum atomic E-state index is 0.627. The van der Waals surface area contributed by atoms with Crippen molar-refractivity contribution in [3.8, 4) is 0 Å². The summed E-state index contributed by atoms with van der Waals surface area (Å²) in [6.45, 7) is 2.13. The first-order valence-corrected chi connectivity index (χ1v) is 5.86. The zero-order valence-electron chi connectivity index (χ0n) is 9.47. The van der Waals surface area contributed by atoms with Crippen LogP contribution < -0.4 is 5.32 Å². The Hall–Kier alpha value is -1.75. The fourth-order valence-electron chi connectivity index (χ4n) is 2.31. The number of hydrogen-bond acceptors (Lipinski definition) is 4. The molecule has 88 valence electrons. The van der Waals surface area contributed by atoms with Gasteiger partial charge in [0.05, 0.1) is 0 Å². The average Bonchev–Trinajstić information content (AvgIpc) is 2.99. The lowest BCUT2D eigenvalue weighted by atomic mass is 10.0.